The highest BCUT2D eigenvalue weighted by Crippen LogP contribution is 2.29. The molecule has 0 aliphatic heterocycles. The van der Waals surface area contributed by atoms with Gasteiger partial charge in [-0.15, -0.1) is 11.3 Å². The highest BCUT2D eigenvalue weighted by molar-refractivity contribution is 7.18. The molecule has 0 N–H and O–H groups in total. The Hall–Kier alpha value is -0.870. The third-order valence-corrected chi connectivity index (χ3v) is 4.65. The second-order valence-electron chi connectivity index (χ2n) is 3.94. The highest BCUT2D eigenvalue weighted by Gasteiger charge is 2.11. The molecule has 0 bridgehead atoms. The minimum absolute atomic E-state index is 0.266. The average Bonchev–Trinajstić information content (AvgIpc) is 2.78. The predicted octanol–water partition coefficient (Wildman–Crippen LogP) is 5.24. The minimum atomic E-state index is 0.266. The third kappa shape index (κ3) is 2.70. The first-order valence-electron chi connectivity index (χ1n) is 5.48. The molecule has 0 saturated heterocycles. The van der Waals surface area contributed by atoms with Crippen molar-refractivity contribution in [2.24, 2.45) is 0 Å². The molecule has 0 aliphatic carbocycles. The molecule has 0 spiro atoms. The van der Waals surface area contributed by atoms with E-state index in [2.05, 4.69) is 9.97 Å². The Morgan fingerprint density at radius 2 is 1.79 bits per heavy atom. The van der Waals surface area contributed by atoms with Crippen LogP contribution in [-0.2, 0) is 6.42 Å². The molecule has 0 fully saturated rings. The standard InChI is InChI=1S/C13H7Cl3N2S/c14-7-5-8(15)13(16)18-10(7)6-12-17-9-3-1-2-4-11(9)19-12/h1-5H,6H2. The van der Waals surface area contributed by atoms with Gasteiger partial charge in [0.15, 0.2) is 0 Å². The maximum Gasteiger partial charge on any atom is 0.148 e. The largest absolute Gasteiger partial charge is 0.241 e. The van der Waals surface area contributed by atoms with E-state index < -0.39 is 0 Å². The molecule has 3 rings (SSSR count). The minimum Gasteiger partial charge on any atom is -0.241 e. The van der Waals surface area contributed by atoms with Crippen LogP contribution in [-0.4, -0.2) is 9.97 Å². The van der Waals surface area contributed by atoms with Crippen LogP contribution in [0.25, 0.3) is 10.2 Å². The molecule has 96 valence electrons. The maximum absolute atomic E-state index is 6.12. The summed E-state index contributed by atoms with van der Waals surface area (Å²) in [6.07, 6.45) is 0.551. The lowest BCUT2D eigenvalue weighted by Gasteiger charge is -2.03. The van der Waals surface area contributed by atoms with Crippen LogP contribution in [0.15, 0.2) is 30.3 Å². The Morgan fingerprint density at radius 3 is 2.58 bits per heavy atom. The maximum atomic E-state index is 6.12. The number of pyridine rings is 1. The van der Waals surface area contributed by atoms with Crippen molar-refractivity contribution in [1.82, 2.24) is 9.97 Å². The molecule has 2 heterocycles. The smallest absolute Gasteiger partial charge is 0.148 e. The molecule has 3 aromatic rings. The molecule has 0 atom stereocenters. The quantitative estimate of drug-likeness (QED) is 0.601. The summed E-state index contributed by atoms with van der Waals surface area (Å²) in [4.78, 5) is 8.75. The molecular weight excluding hydrogens is 323 g/mol. The normalized spacial score (nSPS) is 11.1. The first-order valence-corrected chi connectivity index (χ1v) is 7.43. The number of hydrogen-bond donors (Lipinski definition) is 0. The fraction of sp³-hybridized carbons (Fsp3) is 0.0769. The van der Waals surface area contributed by atoms with Crippen LogP contribution in [0.1, 0.15) is 10.7 Å². The lowest BCUT2D eigenvalue weighted by Crippen LogP contribution is -1.94. The summed E-state index contributed by atoms with van der Waals surface area (Å²) in [5.41, 5.74) is 1.67. The van der Waals surface area contributed by atoms with Crippen molar-refractivity contribution in [3.63, 3.8) is 0 Å². The van der Waals surface area contributed by atoms with Gasteiger partial charge in [-0.25, -0.2) is 9.97 Å². The highest BCUT2D eigenvalue weighted by atomic mass is 35.5. The summed E-state index contributed by atoms with van der Waals surface area (Å²) in [7, 11) is 0. The van der Waals surface area contributed by atoms with Crippen LogP contribution in [0, 0.1) is 0 Å². The number of hydrogen-bond acceptors (Lipinski definition) is 3. The molecule has 0 aliphatic rings. The van der Waals surface area contributed by atoms with Crippen molar-refractivity contribution >= 4 is 56.4 Å². The number of benzene rings is 1. The fourth-order valence-corrected chi connectivity index (χ4v) is 3.30. The van der Waals surface area contributed by atoms with E-state index in [1.54, 1.807) is 17.4 Å². The van der Waals surface area contributed by atoms with Gasteiger partial charge in [0.2, 0.25) is 0 Å². The Balaban J connectivity index is 1.98. The molecule has 19 heavy (non-hydrogen) atoms. The summed E-state index contributed by atoms with van der Waals surface area (Å²) < 4.78 is 1.15. The Morgan fingerprint density at radius 1 is 1.00 bits per heavy atom. The Labute approximate surface area is 129 Å². The van der Waals surface area contributed by atoms with E-state index in [0.29, 0.717) is 22.2 Å². The molecule has 2 nitrogen and oxygen atoms in total. The van der Waals surface area contributed by atoms with Crippen molar-refractivity contribution in [2.75, 3.05) is 0 Å². The zero-order valence-electron chi connectivity index (χ0n) is 9.53. The van der Waals surface area contributed by atoms with E-state index in [0.717, 1.165) is 15.2 Å². The number of halogens is 3. The molecular formula is C13H7Cl3N2S. The zero-order valence-corrected chi connectivity index (χ0v) is 12.6. The van der Waals surface area contributed by atoms with Gasteiger partial charge < -0.3 is 0 Å². The van der Waals surface area contributed by atoms with E-state index in [-0.39, 0.29) is 5.15 Å². The van der Waals surface area contributed by atoms with Crippen LogP contribution in [0.2, 0.25) is 15.2 Å². The molecule has 6 heteroatoms. The van der Waals surface area contributed by atoms with Gasteiger partial charge >= 0.3 is 0 Å². The SMILES string of the molecule is Clc1cc(Cl)c(Cc2nc3ccccc3s2)nc1Cl. The van der Waals surface area contributed by atoms with Crippen LogP contribution in [0.3, 0.4) is 0 Å². The first-order chi connectivity index (χ1) is 9.13. The van der Waals surface area contributed by atoms with Crippen molar-refractivity contribution in [3.8, 4) is 0 Å². The van der Waals surface area contributed by atoms with Gasteiger partial charge in [0.1, 0.15) is 5.15 Å². The van der Waals surface area contributed by atoms with E-state index in [9.17, 15) is 0 Å². The van der Waals surface area contributed by atoms with Gasteiger partial charge in [-0.3, -0.25) is 0 Å². The van der Waals surface area contributed by atoms with Gasteiger partial charge in [0.05, 0.1) is 31.0 Å². The molecule has 1 aromatic carbocycles. The van der Waals surface area contributed by atoms with E-state index in [1.165, 1.54) is 0 Å². The van der Waals surface area contributed by atoms with Crippen molar-refractivity contribution < 1.29 is 0 Å². The van der Waals surface area contributed by atoms with Gasteiger partial charge in [-0.1, -0.05) is 46.9 Å². The van der Waals surface area contributed by atoms with Crippen molar-refractivity contribution in [3.05, 3.63) is 56.2 Å². The number of rotatable bonds is 2. The van der Waals surface area contributed by atoms with Crippen LogP contribution in [0.5, 0.6) is 0 Å². The van der Waals surface area contributed by atoms with Gasteiger partial charge in [0, 0.05) is 6.42 Å². The Kier molecular flexibility index (Phi) is 3.63. The lowest BCUT2D eigenvalue weighted by atomic mass is 10.3. The second kappa shape index (κ2) is 5.25. The summed E-state index contributed by atoms with van der Waals surface area (Å²) >= 11 is 19.5. The van der Waals surface area contributed by atoms with E-state index in [1.807, 2.05) is 24.3 Å². The number of nitrogens with zero attached hydrogens (tertiary/aromatic N) is 2. The third-order valence-electron chi connectivity index (χ3n) is 2.62. The van der Waals surface area contributed by atoms with E-state index >= 15 is 0 Å². The summed E-state index contributed by atoms with van der Waals surface area (Å²) in [5, 5.41) is 2.09. The number of fused-ring (bicyclic) bond motifs is 1. The Bertz CT molecular complexity index is 722. The first kappa shape index (κ1) is 13.1. The zero-order chi connectivity index (χ0) is 13.4. The van der Waals surface area contributed by atoms with Crippen molar-refractivity contribution in [1.29, 1.82) is 0 Å². The summed E-state index contributed by atoms with van der Waals surface area (Å²) in [5.74, 6) is 0. The second-order valence-corrected chi connectivity index (χ2v) is 6.23. The monoisotopic (exact) mass is 328 g/mol. The molecule has 0 amide bonds. The predicted molar refractivity (Wildman–Crippen MR) is 81.7 cm³/mol. The topological polar surface area (TPSA) is 25.8 Å². The number of thiazole rings is 1. The van der Waals surface area contributed by atoms with Crippen molar-refractivity contribution in [2.45, 2.75) is 6.42 Å². The van der Waals surface area contributed by atoms with Gasteiger partial charge in [-0.2, -0.15) is 0 Å². The number of para-hydroxylation sites is 1. The number of aromatic nitrogens is 2. The molecule has 0 saturated carbocycles. The molecule has 0 radical (unpaired) electrons. The van der Waals surface area contributed by atoms with Gasteiger partial charge in [-0.05, 0) is 18.2 Å². The summed E-state index contributed by atoms with van der Waals surface area (Å²) in [6.45, 7) is 0. The van der Waals surface area contributed by atoms with E-state index in [4.69, 9.17) is 34.8 Å². The fourth-order valence-electron chi connectivity index (χ4n) is 1.74. The van der Waals surface area contributed by atoms with Crippen LogP contribution in [0.4, 0.5) is 0 Å². The summed E-state index contributed by atoms with van der Waals surface area (Å²) in [6, 6.07) is 9.60. The van der Waals surface area contributed by atoms with Crippen LogP contribution < -0.4 is 0 Å². The molecule has 2 aromatic heterocycles. The lowest BCUT2D eigenvalue weighted by molar-refractivity contribution is 1.06. The van der Waals surface area contributed by atoms with Crippen LogP contribution >= 0.6 is 46.1 Å². The average molecular weight is 330 g/mol. The molecule has 0 unspecified atom stereocenters. The van der Waals surface area contributed by atoms with Gasteiger partial charge in [0.25, 0.3) is 0 Å².